The molecule has 1 fully saturated rings. The zero-order valence-corrected chi connectivity index (χ0v) is 15.4. The normalized spacial score (nSPS) is 16.8. The number of carbonyl (C=O) groups is 1. The molecular weight excluding hydrogens is 352 g/mol. The van der Waals surface area contributed by atoms with E-state index in [9.17, 15) is 13.2 Å². The highest BCUT2D eigenvalue weighted by Crippen LogP contribution is 2.13. The minimum Gasteiger partial charge on any atom is -0.350 e. The molecule has 0 aliphatic carbocycles. The van der Waals surface area contributed by atoms with Crippen LogP contribution in [0.4, 0.5) is 0 Å². The van der Waals surface area contributed by atoms with Gasteiger partial charge in [-0.05, 0) is 31.1 Å². The molecule has 1 aromatic heterocycles. The molecular formula is C18H22N4O3S. The Labute approximate surface area is 153 Å². The van der Waals surface area contributed by atoms with Gasteiger partial charge in [0.1, 0.15) is 0 Å². The SMILES string of the molecule is CS(=O)(=O)N1CCC(NC(=O)/C=C/c2cnn(-c3ccccc3)c2)CC1. The van der Waals surface area contributed by atoms with Gasteiger partial charge in [0.15, 0.2) is 0 Å². The maximum absolute atomic E-state index is 12.1. The Kier molecular flexibility index (Phi) is 5.53. The maximum atomic E-state index is 12.1. The lowest BCUT2D eigenvalue weighted by molar-refractivity contribution is -0.117. The Morgan fingerprint density at radius 3 is 2.58 bits per heavy atom. The topological polar surface area (TPSA) is 84.3 Å². The summed E-state index contributed by atoms with van der Waals surface area (Å²) in [7, 11) is -3.15. The van der Waals surface area contributed by atoms with Gasteiger partial charge in [-0.1, -0.05) is 18.2 Å². The molecule has 2 heterocycles. The van der Waals surface area contributed by atoms with E-state index in [4.69, 9.17) is 0 Å². The summed E-state index contributed by atoms with van der Waals surface area (Å²) in [5, 5.41) is 7.21. The van der Waals surface area contributed by atoms with Crippen LogP contribution in [0.2, 0.25) is 0 Å². The van der Waals surface area contributed by atoms with Gasteiger partial charge in [0.2, 0.25) is 15.9 Å². The van der Waals surface area contributed by atoms with Crippen molar-refractivity contribution in [3.05, 3.63) is 54.4 Å². The fraction of sp³-hybridized carbons (Fsp3) is 0.333. The third-order valence-electron chi connectivity index (χ3n) is 4.32. The van der Waals surface area contributed by atoms with Crippen LogP contribution in [0.3, 0.4) is 0 Å². The zero-order valence-electron chi connectivity index (χ0n) is 14.6. The monoisotopic (exact) mass is 374 g/mol. The van der Waals surface area contributed by atoms with E-state index < -0.39 is 10.0 Å². The number of aromatic nitrogens is 2. The molecule has 26 heavy (non-hydrogen) atoms. The summed E-state index contributed by atoms with van der Waals surface area (Å²) in [6.45, 7) is 0.884. The highest BCUT2D eigenvalue weighted by Gasteiger charge is 2.25. The number of piperidine rings is 1. The lowest BCUT2D eigenvalue weighted by Crippen LogP contribution is -2.45. The lowest BCUT2D eigenvalue weighted by Gasteiger charge is -2.30. The summed E-state index contributed by atoms with van der Waals surface area (Å²) in [5.41, 5.74) is 1.78. The molecule has 0 saturated carbocycles. The quantitative estimate of drug-likeness (QED) is 0.803. The predicted octanol–water partition coefficient (Wildman–Crippen LogP) is 1.43. The predicted molar refractivity (Wildman–Crippen MR) is 100 cm³/mol. The zero-order chi connectivity index (χ0) is 18.6. The van der Waals surface area contributed by atoms with Gasteiger partial charge in [-0.2, -0.15) is 5.10 Å². The number of sulfonamides is 1. The molecule has 1 amide bonds. The minimum atomic E-state index is -3.15. The van der Waals surface area contributed by atoms with E-state index in [1.807, 2.05) is 36.5 Å². The van der Waals surface area contributed by atoms with Gasteiger partial charge in [-0.15, -0.1) is 0 Å². The van der Waals surface area contributed by atoms with Crippen LogP contribution in [-0.4, -0.2) is 53.8 Å². The molecule has 0 bridgehead atoms. The molecule has 0 spiro atoms. The number of carbonyl (C=O) groups excluding carboxylic acids is 1. The summed E-state index contributed by atoms with van der Waals surface area (Å²) in [5.74, 6) is -0.185. The average Bonchev–Trinajstić information content (AvgIpc) is 3.09. The van der Waals surface area contributed by atoms with Crippen molar-refractivity contribution < 1.29 is 13.2 Å². The number of benzene rings is 1. The molecule has 138 valence electrons. The van der Waals surface area contributed by atoms with Gasteiger partial charge in [-0.25, -0.2) is 17.4 Å². The van der Waals surface area contributed by atoms with Gasteiger partial charge in [-0.3, -0.25) is 4.79 Å². The van der Waals surface area contributed by atoms with E-state index in [2.05, 4.69) is 10.4 Å². The number of hydrogen-bond donors (Lipinski definition) is 1. The third-order valence-corrected chi connectivity index (χ3v) is 5.62. The van der Waals surface area contributed by atoms with Crippen molar-refractivity contribution in [1.29, 1.82) is 0 Å². The van der Waals surface area contributed by atoms with Crippen molar-refractivity contribution in [3.8, 4) is 5.69 Å². The van der Waals surface area contributed by atoms with Crippen molar-refractivity contribution >= 4 is 22.0 Å². The molecule has 3 rings (SSSR count). The fourth-order valence-electron chi connectivity index (χ4n) is 2.90. The van der Waals surface area contributed by atoms with Crippen LogP contribution in [0.15, 0.2) is 48.8 Å². The summed E-state index contributed by atoms with van der Waals surface area (Å²) in [6.07, 6.45) is 9.20. The average molecular weight is 374 g/mol. The molecule has 0 atom stereocenters. The Hall–Kier alpha value is -2.45. The van der Waals surface area contributed by atoms with Crippen LogP contribution in [0.5, 0.6) is 0 Å². The van der Waals surface area contributed by atoms with E-state index in [1.54, 1.807) is 17.0 Å². The van der Waals surface area contributed by atoms with E-state index in [1.165, 1.54) is 16.6 Å². The Bertz CT molecular complexity index is 882. The van der Waals surface area contributed by atoms with Crippen LogP contribution >= 0.6 is 0 Å². The van der Waals surface area contributed by atoms with E-state index in [0.717, 1.165) is 11.3 Å². The van der Waals surface area contributed by atoms with Crippen molar-refractivity contribution in [1.82, 2.24) is 19.4 Å². The standard InChI is InChI=1S/C18H22N4O3S/c1-26(24,25)21-11-9-16(10-12-21)20-18(23)8-7-15-13-19-22(14-15)17-5-3-2-4-6-17/h2-8,13-14,16H,9-12H2,1H3,(H,20,23)/b8-7+. The summed E-state index contributed by atoms with van der Waals surface area (Å²) < 4.78 is 26.2. The summed E-state index contributed by atoms with van der Waals surface area (Å²) >= 11 is 0. The second-order valence-corrected chi connectivity index (χ2v) is 8.31. The first-order valence-corrected chi connectivity index (χ1v) is 10.3. The van der Waals surface area contributed by atoms with Gasteiger partial charge >= 0.3 is 0 Å². The Morgan fingerprint density at radius 1 is 1.23 bits per heavy atom. The first-order chi connectivity index (χ1) is 12.4. The van der Waals surface area contributed by atoms with Crippen LogP contribution < -0.4 is 5.32 Å². The van der Waals surface area contributed by atoms with Crippen LogP contribution in [0, 0.1) is 0 Å². The molecule has 7 nitrogen and oxygen atoms in total. The first kappa shape index (κ1) is 18.3. The van der Waals surface area contributed by atoms with E-state index in [0.29, 0.717) is 25.9 Å². The third kappa shape index (κ3) is 4.80. The summed E-state index contributed by atoms with van der Waals surface area (Å²) in [6, 6.07) is 9.73. The molecule has 1 N–H and O–H groups in total. The van der Waals surface area contributed by atoms with E-state index in [-0.39, 0.29) is 11.9 Å². The molecule has 1 aromatic carbocycles. The Morgan fingerprint density at radius 2 is 1.92 bits per heavy atom. The maximum Gasteiger partial charge on any atom is 0.244 e. The number of rotatable bonds is 5. The smallest absolute Gasteiger partial charge is 0.244 e. The minimum absolute atomic E-state index is 0.00260. The molecule has 2 aromatic rings. The van der Waals surface area contributed by atoms with Crippen LogP contribution in [0.1, 0.15) is 18.4 Å². The fourth-order valence-corrected chi connectivity index (χ4v) is 3.77. The largest absolute Gasteiger partial charge is 0.350 e. The van der Waals surface area contributed by atoms with Crippen LogP contribution in [0.25, 0.3) is 11.8 Å². The molecule has 0 unspecified atom stereocenters. The molecule has 1 aliphatic rings. The number of nitrogens with zero attached hydrogens (tertiary/aromatic N) is 3. The second kappa shape index (κ2) is 7.84. The van der Waals surface area contributed by atoms with Gasteiger partial charge in [0.05, 0.1) is 18.1 Å². The number of nitrogens with one attached hydrogen (secondary N) is 1. The van der Waals surface area contributed by atoms with Crippen molar-refractivity contribution in [2.75, 3.05) is 19.3 Å². The Balaban J connectivity index is 1.52. The molecule has 1 aliphatic heterocycles. The molecule has 8 heteroatoms. The highest BCUT2D eigenvalue weighted by atomic mass is 32.2. The van der Waals surface area contributed by atoms with E-state index >= 15 is 0 Å². The molecule has 1 saturated heterocycles. The first-order valence-electron chi connectivity index (χ1n) is 8.45. The van der Waals surface area contributed by atoms with Crippen molar-refractivity contribution in [2.45, 2.75) is 18.9 Å². The van der Waals surface area contributed by atoms with Gasteiger partial charge in [0.25, 0.3) is 0 Å². The van der Waals surface area contributed by atoms with Crippen molar-refractivity contribution in [2.24, 2.45) is 0 Å². The van der Waals surface area contributed by atoms with Gasteiger partial charge in [0, 0.05) is 37.0 Å². The lowest BCUT2D eigenvalue weighted by atomic mass is 10.1. The highest BCUT2D eigenvalue weighted by molar-refractivity contribution is 7.88. The number of hydrogen-bond acceptors (Lipinski definition) is 4. The molecule has 0 radical (unpaired) electrons. The second-order valence-electron chi connectivity index (χ2n) is 6.33. The number of amides is 1. The van der Waals surface area contributed by atoms with Crippen LogP contribution in [-0.2, 0) is 14.8 Å². The summed E-state index contributed by atoms with van der Waals surface area (Å²) in [4.78, 5) is 12.1. The number of para-hydroxylation sites is 1. The van der Waals surface area contributed by atoms with Crippen molar-refractivity contribution in [3.63, 3.8) is 0 Å². The van der Waals surface area contributed by atoms with Gasteiger partial charge < -0.3 is 5.32 Å².